The van der Waals surface area contributed by atoms with Gasteiger partial charge in [-0.25, -0.2) is 4.79 Å². The van der Waals surface area contributed by atoms with Crippen LogP contribution in [0.4, 0.5) is 0 Å². The number of carbonyl (C=O) groups is 1. The standard InChI is InChI=1S/C23H20IO3S/c1-2-3-14-26-23(25)16-8-13-20-22(15-16)28(18-11-9-17(24)10-12-18)21-7-5-4-6-19(21)27-20/h4-13,15H,2-3,14H2,1H3/q+1. The molecular weight excluding hydrogens is 483 g/mol. The lowest BCUT2D eigenvalue weighted by molar-refractivity contribution is 0.0499. The van der Waals surface area contributed by atoms with Crippen LogP contribution in [0.5, 0.6) is 11.5 Å². The van der Waals surface area contributed by atoms with Crippen molar-refractivity contribution in [3.63, 3.8) is 0 Å². The van der Waals surface area contributed by atoms with Crippen LogP contribution in [0.2, 0.25) is 0 Å². The number of benzene rings is 3. The number of halogens is 1. The second kappa shape index (κ2) is 8.57. The maximum Gasteiger partial charge on any atom is 0.338 e. The Morgan fingerprint density at radius 2 is 1.75 bits per heavy atom. The van der Waals surface area contributed by atoms with Crippen LogP contribution in [-0.2, 0) is 15.6 Å². The highest BCUT2D eigenvalue weighted by Crippen LogP contribution is 2.47. The Kier molecular flexibility index (Phi) is 5.92. The number of fused-ring (bicyclic) bond motifs is 2. The summed E-state index contributed by atoms with van der Waals surface area (Å²) in [5.41, 5.74) is 0.570. The molecule has 28 heavy (non-hydrogen) atoms. The summed E-state index contributed by atoms with van der Waals surface area (Å²) in [6.45, 7) is 2.53. The van der Waals surface area contributed by atoms with Crippen molar-refractivity contribution in [1.29, 1.82) is 0 Å². The van der Waals surface area contributed by atoms with Gasteiger partial charge in [0.1, 0.15) is 10.9 Å². The van der Waals surface area contributed by atoms with Gasteiger partial charge < -0.3 is 9.47 Å². The summed E-state index contributed by atoms with van der Waals surface area (Å²) >= 11 is 2.31. The number of ether oxygens (including phenoxy) is 2. The predicted molar refractivity (Wildman–Crippen MR) is 119 cm³/mol. The van der Waals surface area contributed by atoms with Crippen molar-refractivity contribution >= 4 is 39.5 Å². The van der Waals surface area contributed by atoms with Crippen molar-refractivity contribution < 1.29 is 14.3 Å². The zero-order valence-corrected chi connectivity index (χ0v) is 18.5. The lowest BCUT2D eigenvalue weighted by atomic mass is 10.2. The lowest BCUT2D eigenvalue weighted by Crippen LogP contribution is -2.14. The highest BCUT2D eigenvalue weighted by atomic mass is 127. The molecule has 3 nitrogen and oxygen atoms in total. The van der Waals surface area contributed by atoms with Crippen LogP contribution in [0.15, 0.2) is 81.4 Å². The molecule has 0 radical (unpaired) electrons. The predicted octanol–water partition coefficient (Wildman–Crippen LogP) is 6.45. The number of hydrogen-bond acceptors (Lipinski definition) is 3. The summed E-state index contributed by atoms with van der Waals surface area (Å²) in [5, 5.41) is 0. The minimum absolute atomic E-state index is 0.277. The maximum absolute atomic E-state index is 12.5. The lowest BCUT2D eigenvalue weighted by Gasteiger charge is -2.20. The summed E-state index contributed by atoms with van der Waals surface area (Å²) in [6, 6.07) is 22.3. The van der Waals surface area contributed by atoms with E-state index in [-0.39, 0.29) is 16.9 Å². The number of para-hydroxylation sites is 1. The van der Waals surface area contributed by atoms with Crippen LogP contribution in [0.3, 0.4) is 0 Å². The summed E-state index contributed by atoms with van der Waals surface area (Å²) in [4.78, 5) is 15.8. The minimum Gasteiger partial charge on any atom is -0.462 e. The molecule has 5 heteroatoms. The molecule has 0 saturated heterocycles. The SMILES string of the molecule is CCCCOC(=O)c1ccc2c(c1)[S+](c1ccc(I)cc1)c1ccccc1O2. The van der Waals surface area contributed by atoms with Gasteiger partial charge in [0, 0.05) is 9.64 Å². The molecule has 4 rings (SSSR count). The number of esters is 1. The first-order chi connectivity index (χ1) is 13.7. The number of rotatable bonds is 5. The van der Waals surface area contributed by atoms with Gasteiger partial charge in [0.25, 0.3) is 0 Å². The van der Waals surface area contributed by atoms with E-state index in [1.807, 2.05) is 30.3 Å². The highest BCUT2D eigenvalue weighted by molar-refractivity contribution is 14.1. The Hall–Kier alpha value is -1.99. The Morgan fingerprint density at radius 1 is 1.00 bits per heavy atom. The molecule has 1 atom stereocenters. The molecule has 0 aliphatic carbocycles. The van der Waals surface area contributed by atoms with Gasteiger partial charge in [-0.2, -0.15) is 0 Å². The zero-order chi connectivity index (χ0) is 19.5. The maximum atomic E-state index is 12.5. The van der Waals surface area contributed by atoms with Crippen molar-refractivity contribution in [2.24, 2.45) is 0 Å². The van der Waals surface area contributed by atoms with Crippen molar-refractivity contribution in [2.75, 3.05) is 6.61 Å². The second-order valence-corrected chi connectivity index (χ2v) is 9.67. The van der Waals surface area contributed by atoms with E-state index in [4.69, 9.17) is 9.47 Å². The Labute approximate surface area is 181 Å². The third-order valence-corrected chi connectivity index (χ3v) is 7.47. The van der Waals surface area contributed by atoms with E-state index in [9.17, 15) is 4.79 Å². The first-order valence-corrected chi connectivity index (χ1v) is 11.6. The van der Waals surface area contributed by atoms with E-state index in [1.54, 1.807) is 6.07 Å². The van der Waals surface area contributed by atoms with Crippen LogP contribution in [-0.4, -0.2) is 12.6 Å². The number of unbranched alkanes of at least 4 members (excludes halogenated alkanes) is 1. The fourth-order valence-corrected chi connectivity index (χ4v) is 5.63. The van der Waals surface area contributed by atoms with Gasteiger partial charge >= 0.3 is 5.97 Å². The average molecular weight is 503 g/mol. The van der Waals surface area contributed by atoms with E-state index < -0.39 is 0 Å². The minimum atomic E-state index is -0.336. The van der Waals surface area contributed by atoms with E-state index in [1.165, 1.54) is 8.47 Å². The normalized spacial score (nSPS) is 14.6. The molecule has 142 valence electrons. The quantitative estimate of drug-likeness (QED) is 0.136. The Bertz CT molecular complexity index is 1000. The van der Waals surface area contributed by atoms with E-state index in [0.717, 1.165) is 34.1 Å². The van der Waals surface area contributed by atoms with Crippen LogP contribution in [0.25, 0.3) is 0 Å². The van der Waals surface area contributed by atoms with Gasteiger partial charge in [0.2, 0.25) is 9.79 Å². The van der Waals surface area contributed by atoms with Crippen molar-refractivity contribution in [1.82, 2.24) is 0 Å². The molecule has 0 amide bonds. The molecule has 1 aliphatic heterocycles. The molecule has 0 saturated carbocycles. The van der Waals surface area contributed by atoms with E-state index in [2.05, 4.69) is 59.8 Å². The van der Waals surface area contributed by atoms with Gasteiger partial charge in [-0.1, -0.05) is 25.5 Å². The molecule has 1 aliphatic rings. The zero-order valence-electron chi connectivity index (χ0n) is 15.5. The molecule has 0 bridgehead atoms. The third kappa shape index (κ3) is 3.91. The monoisotopic (exact) mass is 503 g/mol. The molecule has 3 aromatic rings. The first-order valence-electron chi connectivity index (χ1n) is 9.25. The molecule has 0 N–H and O–H groups in total. The number of carbonyl (C=O) groups excluding carboxylic acids is 1. The molecule has 0 spiro atoms. The van der Waals surface area contributed by atoms with Gasteiger partial charge in [-0.05, 0) is 77.5 Å². The average Bonchev–Trinajstić information content (AvgIpc) is 2.72. The second-order valence-electron chi connectivity index (χ2n) is 6.46. The largest absolute Gasteiger partial charge is 0.462 e. The van der Waals surface area contributed by atoms with Crippen LogP contribution in [0.1, 0.15) is 30.1 Å². The molecular formula is C23H20IO3S+. The molecule has 0 fully saturated rings. The fourth-order valence-electron chi connectivity index (χ4n) is 3.04. The topological polar surface area (TPSA) is 35.5 Å². The van der Waals surface area contributed by atoms with Crippen molar-refractivity contribution in [3.05, 3.63) is 75.9 Å². The summed E-state index contributed by atoms with van der Waals surface area (Å²) in [6.07, 6.45) is 1.87. The van der Waals surface area contributed by atoms with Gasteiger partial charge in [-0.3, -0.25) is 0 Å². The molecule has 0 aromatic heterocycles. The number of hydrogen-bond donors (Lipinski definition) is 0. The first kappa shape index (κ1) is 19.3. The molecule has 3 aromatic carbocycles. The van der Waals surface area contributed by atoms with Crippen LogP contribution in [0, 0.1) is 3.57 Å². The van der Waals surface area contributed by atoms with Crippen molar-refractivity contribution in [2.45, 2.75) is 34.5 Å². The Morgan fingerprint density at radius 3 is 2.54 bits per heavy atom. The highest BCUT2D eigenvalue weighted by Gasteiger charge is 2.39. The smallest absolute Gasteiger partial charge is 0.338 e. The van der Waals surface area contributed by atoms with Gasteiger partial charge in [0.05, 0.1) is 12.2 Å². The van der Waals surface area contributed by atoms with Crippen molar-refractivity contribution in [3.8, 4) is 11.5 Å². The van der Waals surface area contributed by atoms with Crippen LogP contribution >= 0.6 is 22.6 Å². The summed E-state index contributed by atoms with van der Waals surface area (Å²) in [7, 11) is -0.336. The van der Waals surface area contributed by atoms with E-state index >= 15 is 0 Å². The van der Waals surface area contributed by atoms with Crippen LogP contribution < -0.4 is 4.74 Å². The van der Waals surface area contributed by atoms with Gasteiger partial charge in [-0.15, -0.1) is 0 Å². The fraction of sp³-hybridized carbons (Fsp3) is 0.174. The molecule has 1 unspecified atom stereocenters. The Balaban J connectivity index is 1.77. The van der Waals surface area contributed by atoms with Gasteiger partial charge in [0.15, 0.2) is 16.4 Å². The third-order valence-electron chi connectivity index (χ3n) is 4.47. The summed E-state index contributed by atoms with van der Waals surface area (Å²) in [5.74, 6) is 1.39. The molecule has 1 heterocycles. The summed E-state index contributed by atoms with van der Waals surface area (Å²) < 4.78 is 12.7. The van der Waals surface area contributed by atoms with E-state index in [0.29, 0.717) is 12.2 Å².